The van der Waals surface area contributed by atoms with Crippen LogP contribution in [-0.4, -0.2) is 16.8 Å². The van der Waals surface area contributed by atoms with Gasteiger partial charge in [-0.2, -0.15) is 0 Å². The van der Waals surface area contributed by atoms with Gasteiger partial charge in [-0.05, 0) is 36.8 Å². The number of hydrogen-bond acceptors (Lipinski definition) is 4. The Morgan fingerprint density at radius 1 is 1.07 bits per heavy atom. The molecule has 0 bridgehead atoms. The molecule has 7 heteroatoms. The van der Waals surface area contributed by atoms with Gasteiger partial charge in [0.1, 0.15) is 9.88 Å². The smallest absolute Gasteiger partial charge is 0.263 e. The quantitative estimate of drug-likeness (QED) is 0.652. The number of rotatable bonds is 6. The van der Waals surface area contributed by atoms with Crippen molar-refractivity contribution in [2.24, 2.45) is 0 Å². The maximum absolute atomic E-state index is 12.4. The molecule has 0 saturated heterocycles. The first kappa shape index (κ1) is 19.1. The molecule has 0 aliphatic carbocycles. The summed E-state index contributed by atoms with van der Waals surface area (Å²) in [6, 6.07) is 16.6. The fraction of sp³-hybridized carbons (Fsp3) is 0.150. The van der Waals surface area contributed by atoms with E-state index in [-0.39, 0.29) is 18.2 Å². The van der Waals surface area contributed by atoms with E-state index in [1.807, 2.05) is 30.3 Å². The number of anilines is 1. The van der Waals surface area contributed by atoms with Crippen LogP contribution in [0.2, 0.25) is 5.02 Å². The summed E-state index contributed by atoms with van der Waals surface area (Å²) < 4.78 is 0. The summed E-state index contributed by atoms with van der Waals surface area (Å²) in [6.45, 7) is 2.22. The van der Waals surface area contributed by atoms with Crippen LogP contribution in [0.15, 0.2) is 54.6 Å². The van der Waals surface area contributed by atoms with E-state index in [0.717, 1.165) is 5.56 Å². The number of hydrogen-bond donors (Lipinski definition) is 2. The third-order valence-corrected chi connectivity index (χ3v) is 5.19. The molecule has 0 saturated carbocycles. The maximum Gasteiger partial charge on any atom is 0.263 e. The number of thiazole rings is 1. The van der Waals surface area contributed by atoms with Crippen LogP contribution in [0.5, 0.6) is 0 Å². The highest BCUT2D eigenvalue weighted by molar-refractivity contribution is 7.13. The summed E-state index contributed by atoms with van der Waals surface area (Å²) in [4.78, 5) is 29.5. The average Bonchev–Trinajstić information content (AvgIpc) is 3.02. The van der Waals surface area contributed by atoms with E-state index in [2.05, 4.69) is 15.6 Å². The molecule has 0 aliphatic heterocycles. The lowest BCUT2D eigenvalue weighted by molar-refractivity contribution is -0.115. The minimum absolute atomic E-state index is 0.111. The molecule has 27 heavy (non-hydrogen) atoms. The number of carbonyl (C=O) groups excluding carboxylic acids is 2. The molecule has 2 N–H and O–H groups in total. The van der Waals surface area contributed by atoms with Crippen LogP contribution in [0.25, 0.3) is 0 Å². The first-order valence-corrected chi connectivity index (χ1v) is 9.54. The van der Waals surface area contributed by atoms with Crippen LogP contribution in [0.1, 0.15) is 25.9 Å². The number of benzene rings is 2. The second kappa shape index (κ2) is 8.79. The highest BCUT2D eigenvalue weighted by Crippen LogP contribution is 2.20. The van der Waals surface area contributed by atoms with E-state index >= 15 is 0 Å². The predicted octanol–water partition coefficient (Wildman–Crippen LogP) is 4.22. The number of nitrogens with one attached hydrogen (secondary N) is 2. The Balaban J connectivity index is 1.59. The van der Waals surface area contributed by atoms with Gasteiger partial charge in [0.25, 0.3) is 5.91 Å². The second-order valence-electron chi connectivity index (χ2n) is 5.92. The zero-order valence-corrected chi connectivity index (χ0v) is 16.2. The third-order valence-electron chi connectivity index (χ3n) is 3.78. The maximum atomic E-state index is 12.4. The lowest BCUT2D eigenvalue weighted by atomic mass is 10.2. The van der Waals surface area contributed by atoms with Crippen molar-refractivity contribution in [2.45, 2.75) is 19.9 Å². The normalized spacial score (nSPS) is 10.4. The van der Waals surface area contributed by atoms with E-state index in [1.165, 1.54) is 11.3 Å². The molecule has 3 rings (SSSR count). The topological polar surface area (TPSA) is 71.1 Å². The number of aryl methyl sites for hydroxylation is 1. The zero-order valence-electron chi connectivity index (χ0n) is 14.7. The molecule has 0 atom stereocenters. The van der Waals surface area contributed by atoms with Crippen molar-refractivity contribution >= 4 is 40.4 Å². The predicted molar refractivity (Wildman–Crippen MR) is 108 cm³/mol. The Kier molecular flexibility index (Phi) is 6.21. The summed E-state index contributed by atoms with van der Waals surface area (Å²) in [6.07, 6.45) is 0.111. The third kappa shape index (κ3) is 5.39. The summed E-state index contributed by atoms with van der Waals surface area (Å²) in [5, 5.41) is 6.88. The van der Waals surface area contributed by atoms with E-state index in [1.54, 1.807) is 31.2 Å². The van der Waals surface area contributed by atoms with Gasteiger partial charge in [-0.1, -0.05) is 41.9 Å². The minimum atomic E-state index is -0.192. The molecule has 0 fully saturated rings. The Bertz CT molecular complexity index is 940. The molecule has 0 spiro atoms. The van der Waals surface area contributed by atoms with Crippen LogP contribution in [-0.2, 0) is 17.8 Å². The van der Waals surface area contributed by atoms with Gasteiger partial charge in [0.05, 0.1) is 12.1 Å². The van der Waals surface area contributed by atoms with Gasteiger partial charge >= 0.3 is 0 Å². The second-order valence-corrected chi connectivity index (χ2v) is 7.44. The fourth-order valence-electron chi connectivity index (χ4n) is 2.47. The van der Waals surface area contributed by atoms with Crippen molar-refractivity contribution in [2.75, 3.05) is 5.32 Å². The molecule has 3 aromatic rings. The van der Waals surface area contributed by atoms with Gasteiger partial charge < -0.3 is 10.6 Å². The van der Waals surface area contributed by atoms with Crippen molar-refractivity contribution in [3.63, 3.8) is 0 Å². The Morgan fingerprint density at radius 3 is 2.48 bits per heavy atom. The van der Waals surface area contributed by atoms with E-state index < -0.39 is 0 Å². The van der Waals surface area contributed by atoms with E-state index in [0.29, 0.717) is 32.8 Å². The van der Waals surface area contributed by atoms with Crippen LogP contribution in [0, 0.1) is 6.92 Å². The molecule has 2 amide bonds. The van der Waals surface area contributed by atoms with Crippen molar-refractivity contribution in [1.82, 2.24) is 10.3 Å². The van der Waals surface area contributed by atoms with Crippen LogP contribution >= 0.6 is 22.9 Å². The SMILES string of the molecule is Cc1nc(CC(=O)Nc2ccc(Cl)cc2)sc1C(=O)NCc1ccccc1. The average molecular weight is 400 g/mol. The first-order valence-electron chi connectivity index (χ1n) is 8.35. The zero-order chi connectivity index (χ0) is 19.2. The molecule has 138 valence electrons. The largest absolute Gasteiger partial charge is 0.347 e. The van der Waals surface area contributed by atoms with E-state index in [4.69, 9.17) is 11.6 Å². The van der Waals surface area contributed by atoms with Crippen molar-refractivity contribution in [3.05, 3.63) is 80.8 Å². The summed E-state index contributed by atoms with van der Waals surface area (Å²) in [7, 11) is 0. The Labute approximate surface area is 166 Å². The lowest BCUT2D eigenvalue weighted by Crippen LogP contribution is -2.22. The van der Waals surface area contributed by atoms with Gasteiger partial charge in [0.2, 0.25) is 5.91 Å². The van der Waals surface area contributed by atoms with Crippen LogP contribution < -0.4 is 10.6 Å². The fourth-order valence-corrected chi connectivity index (χ4v) is 3.58. The van der Waals surface area contributed by atoms with Gasteiger partial charge in [-0.15, -0.1) is 11.3 Å². The van der Waals surface area contributed by atoms with Crippen LogP contribution in [0.3, 0.4) is 0 Å². The number of nitrogens with zero attached hydrogens (tertiary/aromatic N) is 1. The number of halogens is 1. The highest BCUT2D eigenvalue weighted by atomic mass is 35.5. The van der Waals surface area contributed by atoms with Crippen molar-refractivity contribution < 1.29 is 9.59 Å². The molecule has 0 aliphatic rings. The molecule has 5 nitrogen and oxygen atoms in total. The highest BCUT2D eigenvalue weighted by Gasteiger charge is 2.17. The number of amides is 2. The molecule has 2 aromatic carbocycles. The standard InChI is InChI=1S/C20H18ClN3O2S/c1-13-19(20(26)22-12-14-5-3-2-4-6-14)27-18(23-13)11-17(25)24-16-9-7-15(21)8-10-16/h2-10H,11-12H2,1H3,(H,22,26)(H,24,25). The summed E-state index contributed by atoms with van der Waals surface area (Å²) in [5.41, 5.74) is 2.31. The van der Waals surface area contributed by atoms with Crippen molar-refractivity contribution in [3.8, 4) is 0 Å². The van der Waals surface area contributed by atoms with E-state index in [9.17, 15) is 9.59 Å². The van der Waals surface area contributed by atoms with Crippen molar-refractivity contribution in [1.29, 1.82) is 0 Å². The van der Waals surface area contributed by atoms with Gasteiger partial charge in [-0.3, -0.25) is 9.59 Å². The first-order chi connectivity index (χ1) is 13.0. The molecule has 1 heterocycles. The Morgan fingerprint density at radius 2 is 1.78 bits per heavy atom. The summed E-state index contributed by atoms with van der Waals surface area (Å²) >= 11 is 7.07. The van der Waals surface area contributed by atoms with Gasteiger partial charge in [-0.25, -0.2) is 4.98 Å². The number of aromatic nitrogens is 1. The Hall–Kier alpha value is -2.70. The molecular formula is C20H18ClN3O2S. The monoisotopic (exact) mass is 399 g/mol. The molecule has 0 radical (unpaired) electrons. The van der Waals surface area contributed by atoms with Gasteiger partial charge in [0, 0.05) is 17.3 Å². The van der Waals surface area contributed by atoms with Crippen LogP contribution in [0.4, 0.5) is 5.69 Å². The lowest BCUT2D eigenvalue weighted by Gasteiger charge is -2.04. The summed E-state index contributed by atoms with van der Waals surface area (Å²) in [5.74, 6) is -0.375. The molecule has 0 unspecified atom stereocenters. The molecule has 1 aromatic heterocycles. The molecular weight excluding hydrogens is 382 g/mol. The number of carbonyl (C=O) groups is 2. The minimum Gasteiger partial charge on any atom is -0.347 e. The van der Waals surface area contributed by atoms with Gasteiger partial charge in [0.15, 0.2) is 0 Å².